The van der Waals surface area contributed by atoms with Gasteiger partial charge >= 0.3 is 0 Å². The van der Waals surface area contributed by atoms with Gasteiger partial charge in [0, 0.05) is 6.26 Å². The average Bonchev–Trinajstić information content (AvgIpc) is 2.32. The lowest BCUT2D eigenvalue weighted by molar-refractivity contribution is 0.141. The van der Waals surface area contributed by atoms with Gasteiger partial charge in [0.1, 0.15) is 9.84 Å². The largest absolute Gasteiger partial charge is 0.392 e. The Morgan fingerprint density at radius 3 is 2.75 bits per heavy atom. The predicted octanol–water partition coefficient (Wildman–Crippen LogP) is 0.145. The molecule has 3 nitrogen and oxygen atoms in total. The third-order valence-electron chi connectivity index (χ3n) is 1.98. The second kappa shape index (κ2) is 3.98. The monoisotopic (exact) mass is 210 g/mol. The molecule has 2 atom stereocenters. The first kappa shape index (κ1) is 10.3. The lowest BCUT2D eigenvalue weighted by atomic mass is 10.0. The van der Waals surface area contributed by atoms with E-state index < -0.39 is 15.9 Å². The van der Waals surface area contributed by atoms with Gasteiger partial charge in [-0.15, -0.1) is 0 Å². The molecule has 0 aromatic carbocycles. The molecule has 2 unspecified atom stereocenters. The molecule has 0 aromatic rings. The summed E-state index contributed by atoms with van der Waals surface area (Å²) in [5, 5.41) is 9.49. The Morgan fingerprint density at radius 1 is 1.67 bits per heavy atom. The van der Waals surface area contributed by atoms with Gasteiger partial charge in [-0.25, -0.2) is 8.42 Å². The molecule has 1 aliphatic heterocycles. The lowest BCUT2D eigenvalue weighted by Crippen LogP contribution is -2.28. The quantitative estimate of drug-likeness (QED) is 0.720. The third-order valence-corrected chi connectivity index (χ3v) is 4.12. The van der Waals surface area contributed by atoms with Gasteiger partial charge < -0.3 is 5.11 Å². The Morgan fingerprint density at radius 2 is 2.33 bits per heavy atom. The topological polar surface area (TPSA) is 54.4 Å². The van der Waals surface area contributed by atoms with Crippen LogP contribution >= 0.6 is 11.8 Å². The van der Waals surface area contributed by atoms with Crippen molar-refractivity contribution in [2.45, 2.75) is 12.5 Å². The van der Waals surface area contributed by atoms with E-state index >= 15 is 0 Å². The number of hydrogen-bond donors (Lipinski definition) is 1. The minimum absolute atomic E-state index is 0.0851. The van der Waals surface area contributed by atoms with E-state index in [1.54, 1.807) is 11.8 Å². The van der Waals surface area contributed by atoms with Gasteiger partial charge in [0.15, 0.2) is 0 Å². The molecule has 0 spiro atoms. The number of rotatable bonds is 3. The number of sulfone groups is 1. The molecule has 1 rings (SSSR count). The van der Waals surface area contributed by atoms with E-state index in [-0.39, 0.29) is 11.7 Å². The normalized spacial score (nSPS) is 27.3. The van der Waals surface area contributed by atoms with Crippen LogP contribution in [0.1, 0.15) is 6.42 Å². The molecule has 0 radical (unpaired) electrons. The summed E-state index contributed by atoms with van der Waals surface area (Å²) >= 11 is 1.78. The van der Waals surface area contributed by atoms with E-state index in [0.29, 0.717) is 0 Å². The van der Waals surface area contributed by atoms with Gasteiger partial charge in [0.25, 0.3) is 0 Å². The molecule has 1 saturated heterocycles. The minimum atomic E-state index is -3.02. The van der Waals surface area contributed by atoms with Crippen molar-refractivity contribution in [2.24, 2.45) is 5.92 Å². The zero-order chi connectivity index (χ0) is 9.19. The number of hydrogen-bond acceptors (Lipinski definition) is 4. The van der Waals surface area contributed by atoms with Gasteiger partial charge in [-0.05, 0) is 23.8 Å². The highest BCUT2D eigenvalue weighted by molar-refractivity contribution is 7.99. The molecule has 0 aromatic heterocycles. The van der Waals surface area contributed by atoms with Crippen molar-refractivity contribution in [3.05, 3.63) is 0 Å². The first-order chi connectivity index (χ1) is 5.49. The molecule has 5 heteroatoms. The number of aliphatic hydroxyl groups is 1. The standard InChI is InChI=1S/C7H14O3S2/c1-12(9,10)5-7(8)6-2-3-11-4-6/h6-8H,2-5H2,1H3. The second-order valence-corrected chi connectivity index (χ2v) is 6.62. The average molecular weight is 210 g/mol. The van der Waals surface area contributed by atoms with Crippen LogP contribution < -0.4 is 0 Å². The van der Waals surface area contributed by atoms with Gasteiger partial charge in [-0.2, -0.15) is 11.8 Å². The minimum Gasteiger partial charge on any atom is -0.392 e. The van der Waals surface area contributed by atoms with Crippen LogP contribution in [0.5, 0.6) is 0 Å². The summed E-state index contributed by atoms with van der Waals surface area (Å²) in [5.74, 6) is 2.05. The van der Waals surface area contributed by atoms with Crippen LogP contribution in [0.2, 0.25) is 0 Å². The van der Waals surface area contributed by atoms with Gasteiger partial charge in [-0.1, -0.05) is 0 Å². The van der Waals surface area contributed by atoms with E-state index in [0.717, 1.165) is 24.2 Å². The van der Waals surface area contributed by atoms with Crippen LogP contribution in [0.3, 0.4) is 0 Å². The van der Waals surface area contributed by atoms with Crippen molar-refractivity contribution in [1.29, 1.82) is 0 Å². The van der Waals surface area contributed by atoms with Crippen molar-refractivity contribution >= 4 is 21.6 Å². The van der Waals surface area contributed by atoms with Crippen LogP contribution in [0.25, 0.3) is 0 Å². The fourth-order valence-corrected chi connectivity index (χ4v) is 3.52. The lowest BCUT2D eigenvalue weighted by Gasteiger charge is -2.15. The smallest absolute Gasteiger partial charge is 0.150 e. The molecule has 72 valence electrons. The SMILES string of the molecule is CS(=O)(=O)CC(O)C1CCSC1. The highest BCUT2D eigenvalue weighted by Crippen LogP contribution is 2.26. The number of thioether (sulfide) groups is 1. The molecule has 0 saturated carbocycles. The van der Waals surface area contributed by atoms with Gasteiger partial charge in [0.2, 0.25) is 0 Å². The first-order valence-corrected chi connectivity index (χ1v) is 7.14. The maximum atomic E-state index is 10.8. The summed E-state index contributed by atoms with van der Waals surface area (Å²) in [6, 6.07) is 0. The van der Waals surface area contributed by atoms with E-state index in [4.69, 9.17) is 0 Å². The second-order valence-electron chi connectivity index (χ2n) is 3.28. The van der Waals surface area contributed by atoms with Crippen molar-refractivity contribution in [3.8, 4) is 0 Å². The van der Waals surface area contributed by atoms with Crippen molar-refractivity contribution in [2.75, 3.05) is 23.5 Å². The molecule has 1 N–H and O–H groups in total. The Balaban J connectivity index is 2.42. The Kier molecular flexibility index (Phi) is 3.43. The molecule has 0 bridgehead atoms. The predicted molar refractivity (Wildman–Crippen MR) is 51.1 cm³/mol. The van der Waals surface area contributed by atoms with Crippen molar-refractivity contribution < 1.29 is 13.5 Å². The third kappa shape index (κ3) is 3.33. The molecule has 12 heavy (non-hydrogen) atoms. The van der Waals surface area contributed by atoms with E-state index in [2.05, 4.69) is 0 Å². The van der Waals surface area contributed by atoms with Crippen molar-refractivity contribution in [1.82, 2.24) is 0 Å². The summed E-state index contributed by atoms with van der Waals surface area (Å²) in [6.45, 7) is 0. The summed E-state index contributed by atoms with van der Waals surface area (Å²) in [6.07, 6.45) is 1.45. The van der Waals surface area contributed by atoms with Gasteiger partial charge in [-0.3, -0.25) is 0 Å². The summed E-state index contributed by atoms with van der Waals surface area (Å²) in [4.78, 5) is 0. The molecule has 0 amide bonds. The Labute approximate surface area is 77.5 Å². The highest BCUT2D eigenvalue weighted by Gasteiger charge is 2.26. The highest BCUT2D eigenvalue weighted by atomic mass is 32.2. The maximum absolute atomic E-state index is 10.8. The molecule has 1 fully saturated rings. The molecular formula is C7H14O3S2. The molecule has 0 aliphatic carbocycles. The Hall–Kier alpha value is 0.260. The van der Waals surface area contributed by atoms with E-state index in [1.807, 2.05) is 0 Å². The van der Waals surface area contributed by atoms with E-state index in [9.17, 15) is 13.5 Å². The van der Waals surface area contributed by atoms with E-state index in [1.165, 1.54) is 0 Å². The molecular weight excluding hydrogens is 196 g/mol. The van der Waals surface area contributed by atoms with Gasteiger partial charge in [0.05, 0.1) is 11.9 Å². The van der Waals surface area contributed by atoms with Crippen molar-refractivity contribution in [3.63, 3.8) is 0 Å². The molecule has 1 aliphatic rings. The number of aliphatic hydroxyl groups excluding tert-OH is 1. The fraction of sp³-hybridized carbons (Fsp3) is 1.00. The van der Waals surface area contributed by atoms with Crippen LogP contribution in [-0.4, -0.2) is 43.1 Å². The van der Waals surface area contributed by atoms with Crippen LogP contribution in [-0.2, 0) is 9.84 Å². The zero-order valence-electron chi connectivity index (χ0n) is 7.06. The zero-order valence-corrected chi connectivity index (χ0v) is 8.70. The summed E-state index contributed by atoms with van der Waals surface area (Å²) < 4.78 is 21.7. The van der Waals surface area contributed by atoms with Crippen LogP contribution in [0.15, 0.2) is 0 Å². The summed E-state index contributed by atoms with van der Waals surface area (Å²) in [5.41, 5.74) is 0. The van der Waals surface area contributed by atoms with Crippen LogP contribution in [0, 0.1) is 5.92 Å². The maximum Gasteiger partial charge on any atom is 0.150 e. The Bertz CT molecular complexity index is 229. The molecule has 1 heterocycles. The van der Waals surface area contributed by atoms with Crippen LogP contribution in [0.4, 0.5) is 0 Å². The fourth-order valence-electron chi connectivity index (χ4n) is 1.30. The first-order valence-electron chi connectivity index (χ1n) is 3.92. The summed E-state index contributed by atoms with van der Waals surface area (Å²) in [7, 11) is -3.02.